The molecule has 0 fully saturated rings. The van der Waals surface area contributed by atoms with Gasteiger partial charge >= 0.3 is 6.18 Å². The summed E-state index contributed by atoms with van der Waals surface area (Å²) in [6.07, 6.45) is -2.27. The van der Waals surface area contributed by atoms with Crippen LogP contribution in [0.2, 0.25) is 0 Å². The van der Waals surface area contributed by atoms with Crippen molar-refractivity contribution in [2.75, 3.05) is 13.1 Å². The molecule has 0 spiro atoms. The van der Waals surface area contributed by atoms with Crippen LogP contribution in [0.15, 0.2) is 24.5 Å². The summed E-state index contributed by atoms with van der Waals surface area (Å²) in [7, 11) is 0. The highest BCUT2D eigenvalue weighted by Crippen LogP contribution is 2.28. The fourth-order valence-corrected chi connectivity index (χ4v) is 2.38. The molecule has 0 atom stereocenters. The molecule has 2 rings (SSSR count). The van der Waals surface area contributed by atoms with Crippen LogP contribution in [0, 0.1) is 29.6 Å². The molecule has 0 radical (unpaired) electrons. The van der Waals surface area contributed by atoms with E-state index in [1.54, 1.807) is 6.92 Å². The lowest BCUT2D eigenvalue weighted by Crippen LogP contribution is -2.33. The number of nitriles is 2. The Morgan fingerprint density at radius 2 is 1.81 bits per heavy atom. The first-order valence-corrected chi connectivity index (χ1v) is 7.91. The highest BCUT2D eigenvalue weighted by atomic mass is 19.4. The van der Waals surface area contributed by atoms with Gasteiger partial charge in [0.15, 0.2) is 5.82 Å². The molecule has 7 nitrogen and oxygen atoms in total. The van der Waals surface area contributed by atoms with E-state index in [4.69, 9.17) is 10.5 Å². The first-order valence-electron chi connectivity index (χ1n) is 7.91. The van der Waals surface area contributed by atoms with Crippen molar-refractivity contribution in [1.29, 1.82) is 10.5 Å². The second kappa shape index (κ2) is 8.32. The average Bonchev–Trinajstić information content (AvgIpc) is 3.02. The summed E-state index contributed by atoms with van der Waals surface area (Å²) in [4.78, 5) is 17.8. The maximum atomic E-state index is 12.7. The minimum absolute atomic E-state index is 0.116. The van der Waals surface area contributed by atoms with E-state index in [0.717, 1.165) is 6.07 Å². The summed E-state index contributed by atoms with van der Waals surface area (Å²) in [5, 5.41) is 21.5. The summed E-state index contributed by atoms with van der Waals surface area (Å²) >= 11 is 0. The number of pyridine rings is 1. The van der Waals surface area contributed by atoms with Crippen LogP contribution in [0.5, 0.6) is 0 Å². The SMILES string of the molecule is Cc1c(C(=O)N(CCC#N)CCC#N)cnn1-c1ccc(C(F)(F)F)cn1. The number of alkyl halides is 3. The van der Waals surface area contributed by atoms with E-state index in [2.05, 4.69) is 10.1 Å². The van der Waals surface area contributed by atoms with Crippen molar-refractivity contribution in [2.45, 2.75) is 25.9 Å². The van der Waals surface area contributed by atoms with Gasteiger partial charge in [0.05, 0.1) is 48.0 Å². The van der Waals surface area contributed by atoms with Crippen LogP contribution in [0.1, 0.15) is 34.5 Å². The van der Waals surface area contributed by atoms with E-state index in [1.165, 1.54) is 21.8 Å². The molecule has 0 saturated heterocycles. The smallest absolute Gasteiger partial charge is 0.336 e. The van der Waals surface area contributed by atoms with Gasteiger partial charge in [-0.25, -0.2) is 9.67 Å². The molecule has 0 bridgehead atoms. The Hall–Kier alpha value is -3.40. The standard InChI is InChI=1S/C17H15F3N6O/c1-12-14(16(27)25(8-2-6-21)9-3-7-22)11-24-26(12)15-5-4-13(10-23-15)17(18,19)20/h4-5,10-11H,2-3,8-9H2,1H3. The molecule has 27 heavy (non-hydrogen) atoms. The lowest BCUT2D eigenvalue weighted by atomic mass is 10.2. The molecule has 10 heteroatoms. The van der Waals surface area contributed by atoms with E-state index < -0.39 is 17.6 Å². The van der Waals surface area contributed by atoms with E-state index >= 15 is 0 Å². The number of rotatable bonds is 6. The normalized spacial score (nSPS) is 10.9. The van der Waals surface area contributed by atoms with Gasteiger partial charge in [-0.15, -0.1) is 0 Å². The van der Waals surface area contributed by atoms with Crippen molar-refractivity contribution in [3.05, 3.63) is 41.3 Å². The predicted molar refractivity (Wildman–Crippen MR) is 87.5 cm³/mol. The highest BCUT2D eigenvalue weighted by Gasteiger charge is 2.31. The number of aromatic nitrogens is 3. The van der Waals surface area contributed by atoms with Crippen molar-refractivity contribution in [3.8, 4) is 18.0 Å². The van der Waals surface area contributed by atoms with Gasteiger partial charge in [-0.1, -0.05) is 0 Å². The van der Waals surface area contributed by atoms with Crippen LogP contribution >= 0.6 is 0 Å². The third-order valence-electron chi connectivity index (χ3n) is 3.81. The van der Waals surface area contributed by atoms with Gasteiger partial charge < -0.3 is 4.90 Å². The molecule has 0 N–H and O–H groups in total. The van der Waals surface area contributed by atoms with Gasteiger partial charge in [0, 0.05) is 19.3 Å². The lowest BCUT2D eigenvalue weighted by Gasteiger charge is -2.20. The Morgan fingerprint density at radius 3 is 2.30 bits per heavy atom. The van der Waals surface area contributed by atoms with Crippen LogP contribution in [0.3, 0.4) is 0 Å². The van der Waals surface area contributed by atoms with Gasteiger partial charge in [-0.2, -0.15) is 28.8 Å². The molecule has 0 aliphatic rings. The third-order valence-corrected chi connectivity index (χ3v) is 3.81. The van der Waals surface area contributed by atoms with E-state index in [1.807, 2.05) is 12.1 Å². The zero-order valence-corrected chi connectivity index (χ0v) is 14.4. The first kappa shape index (κ1) is 19.9. The molecular weight excluding hydrogens is 361 g/mol. The van der Waals surface area contributed by atoms with Crippen LogP contribution in [-0.2, 0) is 6.18 Å². The summed E-state index contributed by atoms with van der Waals surface area (Å²) in [6, 6.07) is 5.94. The molecule has 2 aromatic heterocycles. The summed E-state index contributed by atoms with van der Waals surface area (Å²) in [5.74, 6) is -0.267. The minimum Gasteiger partial charge on any atom is -0.336 e. The summed E-state index contributed by atoms with van der Waals surface area (Å²) in [5.41, 5.74) is -0.259. The Balaban J connectivity index is 2.28. The van der Waals surface area contributed by atoms with Crippen molar-refractivity contribution >= 4 is 5.91 Å². The molecule has 0 aliphatic carbocycles. The summed E-state index contributed by atoms with van der Waals surface area (Å²) in [6.45, 7) is 1.92. The number of carbonyl (C=O) groups excluding carboxylic acids is 1. The first-order chi connectivity index (χ1) is 12.8. The van der Waals surface area contributed by atoms with E-state index in [0.29, 0.717) is 11.9 Å². The van der Waals surface area contributed by atoms with Gasteiger partial charge in [-0.3, -0.25) is 4.79 Å². The third kappa shape index (κ3) is 4.61. The minimum atomic E-state index is -4.49. The Morgan fingerprint density at radius 1 is 1.19 bits per heavy atom. The molecule has 0 aliphatic heterocycles. The van der Waals surface area contributed by atoms with Crippen LogP contribution in [0.4, 0.5) is 13.2 Å². The van der Waals surface area contributed by atoms with Crippen LogP contribution in [-0.4, -0.2) is 38.7 Å². The van der Waals surface area contributed by atoms with Crippen molar-refractivity contribution in [1.82, 2.24) is 19.7 Å². The monoisotopic (exact) mass is 376 g/mol. The predicted octanol–water partition coefficient (Wildman–Crippen LogP) is 2.86. The maximum absolute atomic E-state index is 12.7. The Bertz CT molecular complexity index is 871. The molecule has 0 aromatic carbocycles. The quantitative estimate of drug-likeness (QED) is 0.772. The van der Waals surface area contributed by atoms with Gasteiger partial charge in [0.25, 0.3) is 5.91 Å². The molecule has 1 amide bonds. The van der Waals surface area contributed by atoms with Gasteiger partial charge in [0.1, 0.15) is 0 Å². The number of hydrogen-bond acceptors (Lipinski definition) is 5. The van der Waals surface area contributed by atoms with E-state index in [9.17, 15) is 18.0 Å². The number of halogens is 3. The average molecular weight is 376 g/mol. The second-order valence-electron chi connectivity index (χ2n) is 5.57. The zero-order chi connectivity index (χ0) is 20.0. The topological polar surface area (TPSA) is 98.6 Å². The number of hydrogen-bond donors (Lipinski definition) is 0. The largest absolute Gasteiger partial charge is 0.417 e. The molecule has 0 saturated carbocycles. The summed E-state index contributed by atoms with van der Waals surface area (Å²) < 4.78 is 39.2. The molecule has 140 valence electrons. The number of carbonyl (C=O) groups is 1. The van der Waals surface area contributed by atoms with Crippen LogP contribution < -0.4 is 0 Å². The molecular formula is C17H15F3N6O. The maximum Gasteiger partial charge on any atom is 0.417 e. The van der Waals surface area contributed by atoms with Crippen molar-refractivity contribution < 1.29 is 18.0 Å². The second-order valence-corrected chi connectivity index (χ2v) is 5.57. The molecule has 2 aromatic rings. The van der Waals surface area contributed by atoms with Gasteiger partial charge in [-0.05, 0) is 19.1 Å². The molecule has 2 heterocycles. The number of amides is 1. The fourth-order valence-electron chi connectivity index (χ4n) is 2.38. The van der Waals surface area contributed by atoms with E-state index in [-0.39, 0.29) is 37.3 Å². The Labute approximate surface area is 153 Å². The zero-order valence-electron chi connectivity index (χ0n) is 14.4. The highest BCUT2D eigenvalue weighted by molar-refractivity contribution is 5.95. The molecule has 0 unspecified atom stereocenters. The number of nitrogens with zero attached hydrogens (tertiary/aromatic N) is 6. The van der Waals surface area contributed by atoms with Gasteiger partial charge in [0.2, 0.25) is 0 Å². The Kier molecular flexibility index (Phi) is 6.14. The lowest BCUT2D eigenvalue weighted by molar-refractivity contribution is -0.137. The van der Waals surface area contributed by atoms with Crippen molar-refractivity contribution in [3.63, 3.8) is 0 Å². The van der Waals surface area contributed by atoms with Crippen LogP contribution in [0.25, 0.3) is 5.82 Å². The van der Waals surface area contributed by atoms with Crippen molar-refractivity contribution in [2.24, 2.45) is 0 Å². The fraction of sp³-hybridized carbons (Fsp3) is 0.353.